The molecule has 0 aliphatic rings. The minimum absolute atomic E-state index is 0.183. The second kappa shape index (κ2) is 6.69. The maximum atomic E-state index is 11.7. The average Bonchev–Trinajstić information content (AvgIpc) is 2.29. The molecule has 0 spiro atoms. The van der Waals surface area contributed by atoms with Gasteiger partial charge in [0, 0.05) is 11.6 Å². The Morgan fingerprint density at radius 3 is 2.26 bits per heavy atom. The van der Waals surface area contributed by atoms with E-state index in [4.69, 9.17) is 34.8 Å². The van der Waals surface area contributed by atoms with Crippen molar-refractivity contribution in [1.82, 2.24) is 5.32 Å². The van der Waals surface area contributed by atoms with Crippen molar-refractivity contribution in [2.24, 2.45) is 5.92 Å². The fourth-order valence-corrected chi connectivity index (χ4v) is 1.73. The van der Waals surface area contributed by atoms with Crippen LogP contribution in [0.3, 0.4) is 0 Å². The average molecular weight is 324 g/mol. The Morgan fingerprint density at radius 1 is 1.21 bits per heavy atom. The number of rotatable bonds is 4. The fourth-order valence-electron chi connectivity index (χ4n) is 1.40. The molecule has 0 aromatic heterocycles. The molecule has 3 nitrogen and oxygen atoms in total. The van der Waals surface area contributed by atoms with Crippen molar-refractivity contribution in [3.05, 3.63) is 29.8 Å². The molecule has 0 saturated heterocycles. The van der Waals surface area contributed by atoms with E-state index in [0.717, 1.165) is 11.3 Å². The van der Waals surface area contributed by atoms with Gasteiger partial charge in [-0.05, 0) is 18.6 Å². The zero-order chi connectivity index (χ0) is 14.6. The number of anilines is 1. The molecule has 1 rings (SSSR count). The molecule has 0 bridgehead atoms. The molecule has 19 heavy (non-hydrogen) atoms. The SMILES string of the molecule is Cc1ccccc1N[C@H](NC(=O)C(C)C)C(Cl)(Cl)Cl. The maximum absolute atomic E-state index is 11.7. The van der Waals surface area contributed by atoms with Gasteiger partial charge < -0.3 is 10.6 Å². The maximum Gasteiger partial charge on any atom is 0.228 e. The van der Waals surface area contributed by atoms with Gasteiger partial charge in [0.2, 0.25) is 9.70 Å². The first-order chi connectivity index (χ1) is 8.71. The van der Waals surface area contributed by atoms with Crippen LogP contribution in [0, 0.1) is 12.8 Å². The Morgan fingerprint density at radius 2 is 1.79 bits per heavy atom. The predicted octanol–water partition coefficient (Wildman–Crippen LogP) is 3.88. The minimum atomic E-state index is -1.65. The molecular formula is C13H17Cl3N2O. The van der Waals surface area contributed by atoms with Gasteiger partial charge in [0.1, 0.15) is 6.17 Å². The largest absolute Gasteiger partial charge is 0.362 e. The highest BCUT2D eigenvalue weighted by atomic mass is 35.6. The Hall–Kier alpha value is -0.640. The highest BCUT2D eigenvalue weighted by Crippen LogP contribution is 2.31. The quantitative estimate of drug-likeness (QED) is 0.652. The van der Waals surface area contributed by atoms with Crippen LogP contribution in [0.25, 0.3) is 0 Å². The highest BCUT2D eigenvalue weighted by molar-refractivity contribution is 6.68. The van der Waals surface area contributed by atoms with Crippen LogP contribution in [0.1, 0.15) is 19.4 Å². The first-order valence-corrected chi connectivity index (χ1v) is 7.04. The number of alkyl halides is 3. The normalized spacial score (nSPS) is 13.2. The van der Waals surface area contributed by atoms with E-state index >= 15 is 0 Å². The van der Waals surface area contributed by atoms with E-state index < -0.39 is 9.96 Å². The van der Waals surface area contributed by atoms with Crippen molar-refractivity contribution in [3.8, 4) is 0 Å². The summed E-state index contributed by atoms with van der Waals surface area (Å²) in [5, 5.41) is 5.73. The summed E-state index contributed by atoms with van der Waals surface area (Å²) in [6.45, 7) is 5.49. The number of carbonyl (C=O) groups is 1. The van der Waals surface area contributed by atoms with Gasteiger partial charge in [0.05, 0.1) is 0 Å². The number of aryl methyl sites for hydroxylation is 1. The van der Waals surface area contributed by atoms with E-state index in [1.807, 2.05) is 31.2 Å². The molecule has 0 heterocycles. The summed E-state index contributed by atoms with van der Waals surface area (Å²) in [5.41, 5.74) is 1.81. The van der Waals surface area contributed by atoms with Crippen molar-refractivity contribution < 1.29 is 4.79 Å². The molecule has 0 unspecified atom stereocenters. The van der Waals surface area contributed by atoms with Gasteiger partial charge in [-0.15, -0.1) is 0 Å². The third-order valence-electron chi connectivity index (χ3n) is 2.58. The first-order valence-electron chi connectivity index (χ1n) is 5.91. The van der Waals surface area contributed by atoms with Crippen LogP contribution in [0.2, 0.25) is 0 Å². The summed E-state index contributed by atoms with van der Waals surface area (Å²) >= 11 is 17.7. The van der Waals surface area contributed by atoms with Gasteiger partial charge in [0.25, 0.3) is 0 Å². The molecule has 0 radical (unpaired) electrons. The topological polar surface area (TPSA) is 41.1 Å². The van der Waals surface area contributed by atoms with Crippen molar-refractivity contribution in [2.45, 2.75) is 30.7 Å². The lowest BCUT2D eigenvalue weighted by atomic mass is 10.2. The summed E-state index contributed by atoms with van der Waals surface area (Å²) in [4.78, 5) is 11.7. The van der Waals surface area contributed by atoms with Gasteiger partial charge >= 0.3 is 0 Å². The summed E-state index contributed by atoms with van der Waals surface area (Å²) in [7, 11) is 0. The standard InChI is InChI=1S/C13H17Cl3N2O/c1-8(2)11(19)18-12(13(14,15)16)17-10-7-5-4-6-9(10)3/h4-8,12,17H,1-3H3,(H,18,19)/t12-/m1/s1. The molecule has 1 aromatic rings. The summed E-state index contributed by atoms with van der Waals surface area (Å²) in [5.74, 6) is -0.370. The smallest absolute Gasteiger partial charge is 0.228 e. The summed E-state index contributed by atoms with van der Waals surface area (Å²) < 4.78 is -1.65. The minimum Gasteiger partial charge on any atom is -0.362 e. The zero-order valence-electron chi connectivity index (χ0n) is 11.0. The van der Waals surface area contributed by atoms with E-state index in [1.165, 1.54) is 0 Å². The first kappa shape index (κ1) is 16.4. The lowest BCUT2D eigenvalue weighted by Gasteiger charge is -2.28. The number of amides is 1. The van der Waals surface area contributed by atoms with E-state index in [-0.39, 0.29) is 11.8 Å². The second-order valence-corrected chi connectivity index (χ2v) is 6.97. The van der Waals surface area contributed by atoms with Gasteiger partial charge in [-0.25, -0.2) is 0 Å². The van der Waals surface area contributed by atoms with E-state index in [2.05, 4.69) is 10.6 Å². The van der Waals surface area contributed by atoms with Crippen molar-refractivity contribution >= 4 is 46.4 Å². The number of hydrogen-bond donors (Lipinski definition) is 2. The zero-order valence-corrected chi connectivity index (χ0v) is 13.3. The van der Waals surface area contributed by atoms with Crippen LogP contribution >= 0.6 is 34.8 Å². The molecule has 1 amide bonds. The number of benzene rings is 1. The van der Waals surface area contributed by atoms with Crippen molar-refractivity contribution in [1.29, 1.82) is 0 Å². The number of para-hydroxylation sites is 1. The molecule has 0 fully saturated rings. The third-order valence-corrected chi connectivity index (χ3v) is 3.24. The summed E-state index contributed by atoms with van der Waals surface area (Å²) in [6.07, 6.45) is -0.798. The Kier molecular flexibility index (Phi) is 5.78. The van der Waals surface area contributed by atoms with Crippen LogP contribution in [0.4, 0.5) is 5.69 Å². The molecule has 1 aromatic carbocycles. The molecule has 0 saturated carbocycles. The lowest BCUT2D eigenvalue weighted by molar-refractivity contribution is -0.124. The number of carbonyl (C=O) groups excluding carboxylic acids is 1. The van der Waals surface area contributed by atoms with Crippen LogP contribution in [-0.2, 0) is 4.79 Å². The molecule has 1 atom stereocenters. The number of nitrogens with one attached hydrogen (secondary N) is 2. The lowest BCUT2D eigenvalue weighted by Crippen LogP contribution is -2.50. The van der Waals surface area contributed by atoms with Crippen LogP contribution < -0.4 is 10.6 Å². The molecule has 6 heteroatoms. The molecule has 0 aliphatic carbocycles. The van der Waals surface area contributed by atoms with Crippen LogP contribution in [0.5, 0.6) is 0 Å². The van der Waals surface area contributed by atoms with Gasteiger partial charge in [-0.3, -0.25) is 4.79 Å². The van der Waals surface area contributed by atoms with Crippen molar-refractivity contribution in [2.75, 3.05) is 5.32 Å². The highest BCUT2D eigenvalue weighted by Gasteiger charge is 2.34. The van der Waals surface area contributed by atoms with E-state index in [1.54, 1.807) is 13.8 Å². The molecular weight excluding hydrogens is 307 g/mol. The van der Waals surface area contributed by atoms with E-state index in [9.17, 15) is 4.79 Å². The Bertz CT molecular complexity index is 444. The Labute approximate surface area is 128 Å². The summed E-state index contributed by atoms with van der Waals surface area (Å²) in [6, 6.07) is 7.58. The third kappa shape index (κ3) is 5.09. The number of hydrogen-bond acceptors (Lipinski definition) is 2. The van der Waals surface area contributed by atoms with Gasteiger partial charge in [0.15, 0.2) is 0 Å². The van der Waals surface area contributed by atoms with Gasteiger partial charge in [-0.1, -0.05) is 66.8 Å². The van der Waals surface area contributed by atoms with Gasteiger partial charge in [-0.2, -0.15) is 0 Å². The second-order valence-electron chi connectivity index (χ2n) is 4.60. The molecule has 106 valence electrons. The van der Waals surface area contributed by atoms with E-state index in [0.29, 0.717) is 0 Å². The predicted molar refractivity (Wildman–Crippen MR) is 81.9 cm³/mol. The monoisotopic (exact) mass is 322 g/mol. The van der Waals surface area contributed by atoms with Crippen molar-refractivity contribution in [3.63, 3.8) is 0 Å². The molecule has 2 N–H and O–H groups in total. The van der Waals surface area contributed by atoms with Crippen LogP contribution in [-0.4, -0.2) is 15.9 Å². The Balaban J connectivity index is 2.88. The van der Waals surface area contributed by atoms with Crippen LogP contribution in [0.15, 0.2) is 24.3 Å². The number of halogens is 3. The fraction of sp³-hybridized carbons (Fsp3) is 0.462. The molecule has 0 aliphatic heterocycles.